The lowest BCUT2D eigenvalue weighted by Crippen LogP contribution is -2.05. The van der Waals surface area contributed by atoms with Crippen molar-refractivity contribution in [3.8, 4) is 0 Å². The van der Waals surface area contributed by atoms with E-state index in [1.807, 2.05) is 30.3 Å². The molecule has 0 fully saturated rings. The lowest BCUT2D eigenvalue weighted by Gasteiger charge is -2.03. The van der Waals surface area contributed by atoms with Gasteiger partial charge in [-0.1, -0.05) is 30.3 Å². The molecule has 1 aromatic carbocycles. The first kappa shape index (κ1) is 11.5. The topological polar surface area (TPSA) is 39.4 Å². The van der Waals surface area contributed by atoms with E-state index in [0.717, 1.165) is 5.56 Å². The number of esters is 1. The molecule has 17 heavy (non-hydrogen) atoms. The standard InChI is InChI=1S/C14H14O3/c1-10-8-13(11(2)17-10)14(15)16-9-12-6-4-3-5-7-12/h3-8H,9H2,1-2H3. The normalized spacial score (nSPS) is 10.2. The van der Waals surface area contributed by atoms with Crippen LogP contribution in [0.2, 0.25) is 0 Å². The average Bonchev–Trinajstić information content (AvgIpc) is 2.67. The molecular weight excluding hydrogens is 216 g/mol. The molecule has 0 saturated heterocycles. The van der Waals surface area contributed by atoms with E-state index in [-0.39, 0.29) is 12.6 Å². The minimum Gasteiger partial charge on any atom is -0.466 e. The Morgan fingerprint density at radius 1 is 1.24 bits per heavy atom. The summed E-state index contributed by atoms with van der Waals surface area (Å²) in [5.41, 5.74) is 1.47. The number of hydrogen-bond donors (Lipinski definition) is 0. The second kappa shape index (κ2) is 4.87. The predicted octanol–water partition coefficient (Wildman–Crippen LogP) is 3.25. The number of carbonyl (C=O) groups excluding carboxylic acids is 1. The van der Waals surface area contributed by atoms with E-state index in [4.69, 9.17) is 9.15 Å². The molecule has 2 rings (SSSR count). The molecule has 88 valence electrons. The molecule has 0 amide bonds. The SMILES string of the molecule is Cc1cc(C(=O)OCc2ccccc2)c(C)o1. The first-order valence-electron chi connectivity index (χ1n) is 5.45. The van der Waals surface area contributed by atoms with Crippen molar-refractivity contribution in [3.05, 3.63) is 59.0 Å². The van der Waals surface area contributed by atoms with E-state index in [2.05, 4.69) is 0 Å². The van der Waals surface area contributed by atoms with Crippen molar-refractivity contribution in [1.82, 2.24) is 0 Å². The Bertz CT molecular complexity index is 512. The third-order valence-electron chi connectivity index (χ3n) is 2.47. The molecule has 0 N–H and O–H groups in total. The number of rotatable bonds is 3. The molecule has 0 spiro atoms. The highest BCUT2D eigenvalue weighted by Gasteiger charge is 2.14. The lowest BCUT2D eigenvalue weighted by atomic mass is 10.2. The minimum absolute atomic E-state index is 0.281. The van der Waals surface area contributed by atoms with Gasteiger partial charge in [0.1, 0.15) is 23.7 Å². The molecule has 0 radical (unpaired) electrons. The molecule has 1 aromatic heterocycles. The highest BCUT2D eigenvalue weighted by Crippen LogP contribution is 2.15. The zero-order chi connectivity index (χ0) is 12.3. The number of carbonyl (C=O) groups is 1. The lowest BCUT2D eigenvalue weighted by molar-refractivity contribution is 0.0470. The highest BCUT2D eigenvalue weighted by atomic mass is 16.5. The van der Waals surface area contributed by atoms with Crippen molar-refractivity contribution in [3.63, 3.8) is 0 Å². The van der Waals surface area contributed by atoms with Crippen LogP contribution in [0.3, 0.4) is 0 Å². The van der Waals surface area contributed by atoms with Crippen molar-refractivity contribution in [2.24, 2.45) is 0 Å². The number of hydrogen-bond acceptors (Lipinski definition) is 3. The molecule has 0 aliphatic rings. The van der Waals surface area contributed by atoms with Crippen LogP contribution >= 0.6 is 0 Å². The van der Waals surface area contributed by atoms with Crippen molar-refractivity contribution in [1.29, 1.82) is 0 Å². The van der Waals surface area contributed by atoms with Crippen LogP contribution < -0.4 is 0 Å². The molecule has 3 nitrogen and oxygen atoms in total. The molecule has 0 aliphatic carbocycles. The summed E-state index contributed by atoms with van der Waals surface area (Å²) in [7, 11) is 0. The zero-order valence-electron chi connectivity index (χ0n) is 9.90. The summed E-state index contributed by atoms with van der Waals surface area (Å²) >= 11 is 0. The summed E-state index contributed by atoms with van der Waals surface area (Å²) in [4.78, 5) is 11.8. The quantitative estimate of drug-likeness (QED) is 0.760. The fraction of sp³-hybridized carbons (Fsp3) is 0.214. The van der Waals surface area contributed by atoms with E-state index in [9.17, 15) is 4.79 Å². The Hall–Kier alpha value is -2.03. The highest BCUT2D eigenvalue weighted by molar-refractivity contribution is 5.90. The fourth-order valence-corrected chi connectivity index (χ4v) is 1.63. The monoisotopic (exact) mass is 230 g/mol. The maximum absolute atomic E-state index is 11.8. The molecule has 3 heteroatoms. The summed E-state index contributed by atoms with van der Waals surface area (Å²) in [6.07, 6.45) is 0. The van der Waals surface area contributed by atoms with Crippen molar-refractivity contribution < 1.29 is 13.9 Å². The van der Waals surface area contributed by atoms with E-state index in [1.165, 1.54) is 0 Å². The van der Waals surface area contributed by atoms with Gasteiger partial charge in [-0.25, -0.2) is 4.79 Å². The Morgan fingerprint density at radius 3 is 2.53 bits per heavy atom. The largest absolute Gasteiger partial charge is 0.466 e. The molecule has 1 heterocycles. The summed E-state index contributed by atoms with van der Waals surface area (Å²) in [6, 6.07) is 11.3. The summed E-state index contributed by atoms with van der Waals surface area (Å²) in [6.45, 7) is 3.84. The number of ether oxygens (including phenoxy) is 1. The molecule has 2 aromatic rings. The van der Waals surface area contributed by atoms with Gasteiger partial charge in [-0.15, -0.1) is 0 Å². The van der Waals surface area contributed by atoms with Crippen LogP contribution in [0.1, 0.15) is 27.4 Å². The number of benzene rings is 1. The van der Waals surface area contributed by atoms with Crippen LogP contribution in [0.5, 0.6) is 0 Å². The molecular formula is C14H14O3. The Balaban J connectivity index is 2.01. The van der Waals surface area contributed by atoms with Crippen LogP contribution in [0.15, 0.2) is 40.8 Å². The maximum atomic E-state index is 11.8. The Kier molecular flexibility index (Phi) is 3.28. The van der Waals surface area contributed by atoms with Gasteiger partial charge in [0.15, 0.2) is 0 Å². The zero-order valence-corrected chi connectivity index (χ0v) is 9.90. The van der Waals surface area contributed by atoms with Crippen LogP contribution in [-0.4, -0.2) is 5.97 Å². The predicted molar refractivity (Wildman–Crippen MR) is 63.7 cm³/mol. The summed E-state index contributed by atoms with van der Waals surface area (Å²) in [5, 5.41) is 0. The summed E-state index contributed by atoms with van der Waals surface area (Å²) < 4.78 is 10.5. The van der Waals surface area contributed by atoms with Crippen LogP contribution in [0, 0.1) is 13.8 Å². The molecule has 0 atom stereocenters. The van der Waals surface area contributed by atoms with Gasteiger partial charge in [-0.05, 0) is 25.5 Å². The van der Waals surface area contributed by atoms with Gasteiger partial charge in [0, 0.05) is 0 Å². The van der Waals surface area contributed by atoms with Gasteiger partial charge in [-0.2, -0.15) is 0 Å². The van der Waals surface area contributed by atoms with Gasteiger partial charge >= 0.3 is 5.97 Å². The third-order valence-corrected chi connectivity index (χ3v) is 2.47. The maximum Gasteiger partial charge on any atom is 0.342 e. The fourth-order valence-electron chi connectivity index (χ4n) is 1.63. The smallest absolute Gasteiger partial charge is 0.342 e. The van der Waals surface area contributed by atoms with Crippen LogP contribution in [0.4, 0.5) is 0 Å². The Morgan fingerprint density at radius 2 is 1.94 bits per heavy atom. The van der Waals surface area contributed by atoms with Crippen molar-refractivity contribution in [2.45, 2.75) is 20.5 Å². The van der Waals surface area contributed by atoms with Gasteiger partial charge in [0.2, 0.25) is 0 Å². The molecule has 0 aliphatic heterocycles. The van der Waals surface area contributed by atoms with Gasteiger partial charge in [0.25, 0.3) is 0 Å². The van der Waals surface area contributed by atoms with Crippen LogP contribution in [0.25, 0.3) is 0 Å². The van der Waals surface area contributed by atoms with Gasteiger partial charge in [-0.3, -0.25) is 0 Å². The van der Waals surface area contributed by atoms with E-state index in [1.54, 1.807) is 19.9 Å². The molecule has 0 bridgehead atoms. The van der Waals surface area contributed by atoms with Crippen molar-refractivity contribution >= 4 is 5.97 Å². The molecule has 0 unspecified atom stereocenters. The molecule has 0 saturated carbocycles. The number of furan rings is 1. The van der Waals surface area contributed by atoms with E-state index in [0.29, 0.717) is 17.1 Å². The first-order chi connectivity index (χ1) is 8.16. The van der Waals surface area contributed by atoms with Gasteiger partial charge < -0.3 is 9.15 Å². The van der Waals surface area contributed by atoms with E-state index < -0.39 is 0 Å². The second-order valence-electron chi connectivity index (χ2n) is 3.89. The second-order valence-corrected chi connectivity index (χ2v) is 3.89. The van der Waals surface area contributed by atoms with Crippen molar-refractivity contribution in [2.75, 3.05) is 0 Å². The summed E-state index contributed by atoms with van der Waals surface area (Å²) in [5.74, 6) is 0.970. The van der Waals surface area contributed by atoms with Gasteiger partial charge in [0.05, 0.1) is 0 Å². The number of aryl methyl sites for hydroxylation is 2. The third kappa shape index (κ3) is 2.75. The van der Waals surface area contributed by atoms with E-state index >= 15 is 0 Å². The Labute approximate surface area is 100 Å². The van der Waals surface area contributed by atoms with Crippen LogP contribution in [-0.2, 0) is 11.3 Å². The minimum atomic E-state index is -0.344. The first-order valence-corrected chi connectivity index (χ1v) is 5.45. The average molecular weight is 230 g/mol.